The highest BCUT2D eigenvalue weighted by molar-refractivity contribution is 9.10. The summed E-state index contributed by atoms with van der Waals surface area (Å²) in [6.07, 6.45) is 2.42. The lowest BCUT2D eigenvalue weighted by Crippen LogP contribution is -2.44. The molecule has 2 fully saturated rings. The van der Waals surface area contributed by atoms with Gasteiger partial charge in [-0.1, -0.05) is 15.9 Å². The van der Waals surface area contributed by atoms with Crippen molar-refractivity contribution in [2.75, 3.05) is 31.5 Å². The molecule has 1 atom stereocenters. The van der Waals surface area contributed by atoms with Crippen LogP contribution in [-0.2, 0) is 9.59 Å². The molecule has 0 bridgehead atoms. The van der Waals surface area contributed by atoms with E-state index in [2.05, 4.69) is 26.6 Å². The monoisotopic (exact) mass is 415 g/mol. The molecule has 1 aromatic carbocycles. The maximum Gasteiger partial charge on any atom is 0.227 e. The van der Waals surface area contributed by atoms with Gasteiger partial charge in [0.15, 0.2) is 0 Å². The Hall–Kier alpha value is -1.11. The van der Waals surface area contributed by atoms with Crippen LogP contribution in [0.5, 0.6) is 0 Å². The first-order valence-electron chi connectivity index (χ1n) is 8.19. The third kappa shape index (κ3) is 4.71. The number of hydrogen-bond donors (Lipinski definition) is 2. The minimum atomic E-state index is -0.00981. The summed E-state index contributed by atoms with van der Waals surface area (Å²) in [5.41, 5.74) is 0.814. The number of carbonyl (C=O) groups is 2. The van der Waals surface area contributed by atoms with E-state index in [-0.39, 0.29) is 36.1 Å². The molecule has 0 saturated carbocycles. The highest BCUT2D eigenvalue weighted by atomic mass is 79.9. The van der Waals surface area contributed by atoms with Crippen molar-refractivity contribution < 1.29 is 9.59 Å². The van der Waals surface area contributed by atoms with Crippen LogP contribution in [0.15, 0.2) is 28.7 Å². The Morgan fingerprint density at radius 2 is 1.75 bits per heavy atom. The van der Waals surface area contributed by atoms with Crippen LogP contribution in [0.1, 0.15) is 19.3 Å². The Bertz CT molecular complexity index is 568. The van der Waals surface area contributed by atoms with Crippen LogP contribution in [0.25, 0.3) is 0 Å². The number of nitrogens with zero attached hydrogens (tertiary/aromatic N) is 1. The SMILES string of the molecule is Cl.O=C(Nc1ccc(Br)cc1)C1CCN(C(=O)C2CCNC2)CC1. The quantitative estimate of drug-likeness (QED) is 0.796. The predicted molar refractivity (Wildman–Crippen MR) is 100 cm³/mol. The van der Waals surface area contributed by atoms with Crippen LogP contribution >= 0.6 is 28.3 Å². The molecule has 2 aliphatic heterocycles. The second-order valence-electron chi connectivity index (χ2n) is 6.29. The fraction of sp³-hybridized carbons (Fsp3) is 0.529. The van der Waals surface area contributed by atoms with Gasteiger partial charge < -0.3 is 15.5 Å². The van der Waals surface area contributed by atoms with Crippen molar-refractivity contribution in [1.29, 1.82) is 0 Å². The number of nitrogens with one attached hydrogen (secondary N) is 2. The predicted octanol–water partition coefficient (Wildman–Crippen LogP) is 2.66. The van der Waals surface area contributed by atoms with Crippen molar-refractivity contribution >= 4 is 45.8 Å². The topological polar surface area (TPSA) is 61.4 Å². The van der Waals surface area contributed by atoms with Gasteiger partial charge in [-0.3, -0.25) is 9.59 Å². The molecule has 0 spiro atoms. The van der Waals surface area contributed by atoms with Crippen molar-refractivity contribution in [3.63, 3.8) is 0 Å². The van der Waals surface area contributed by atoms with Crippen molar-refractivity contribution in [2.45, 2.75) is 19.3 Å². The molecule has 1 unspecified atom stereocenters. The zero-order valence-corrected chi connectivity index (χ0v) is 15.9. The van der Waals surface area contributed by atoms with Gasteiger partial charge in [-0.25, -0.2) is 0 Å². The summed E-state index contributed by atoms with van der Waals surface area (Å²) in [6.45, 7) is 3.10. The summed E-state index contributed by atoms with van der Waals surface area (Å²) >= 11 is 3.38. The number of halogens is 2. The fourth-order valence-electron chi connectivity index (χ4n) is 3.26. The summed E-state index contributed by atoms with van der Waals surface area (Å²) in [4.78, 5) is 26.7. The molecular weight excluding hydrogens is 394 g/mol. The molecule has 7 heteroatoms. The molecule has 2 saturated heterocycles. The van der Waals surface area contributed by atoms with E-state index in [1.807, 2.05) is 29.2 Å². The van der Waals surface area contributed by atoms with E-state index in [0.717, 1.165) is 42.5 Å². The molecule has 132 valence electrons. The fourth-order valence-corrected chi connectivity index (χ4v) is 3.53. The molecule has 2 aliphatic rings. The zero-order valence-electron chi connectivity index (χ0n) is 13.5. The molecule has 1 aromatic rings. The first kappa shape index (κ1) is 19.2. The van der Waals surface area contributed by atoms with E-state index in [1.165, 1.54) is 0 Å². The summed E-state index contributed by atoms with van der Waals surface area (Å²) in [5, 5.41) is 6.20. The van der Waals surface area contributed by atoms with E-state index in [1.54, 1.807) is 0 Å². The van der Waals surface area contributed by atoms with Crippen molar-refractivity contribution in [3.8, 4) is 0 Å². The lowest BCUT2D eigenvalue weighted by molar-refractivity contribution is -0.137. The number of amides is 2. The van der Waals surface area contributed by atoms with Crippen LogP contribution in [0.2, 0.25) is 0 Å². The van der Waals surface area contributed by atoms with Crippen LogP contribution in [0.4, 0.5) is 5.69 Å². The smallest absolute Gasteiger partial charge is 0.227 e. The second kappa shape index (κ2) is 8.83. The van der Waals surface area contributed by atoms with E-state index in [0.29, 0.717) is 13.1 Å². The maximum atomic E-state index is 12.4. The summed E-state index contributed by atoms with van der Waals surface area (Å²) in [7, 11) is 0. The summed E-state index contributed by atoms with van der Waals surface area (Å²) in [6, 6.07) is 7.58. The first-order chi connectivity index (χ1) is 11.1. The Balaban J connectivity index is 0.00000208. The lowest BCUT2D eigenvalue weighted by atomic mass is 9.94. The molecule has 2 heterocycles. The average Bonchev–Trinajstić information content (AvgIpc) is 3.11. The van der Waals surface area contributed by atoms with Crippen LogP contribution in [0.3, 0.4) is 0 Å². The standard InChI is InChI=1S/C17H22BrN3O2.ClH/c18-14-1-3-15(4-2-14)20-16(22)12-6-9-21(10-7-12)17(23)13-5-8-19-11-13;/h1-4,12-13,19H,5-11H2,(H,20,22);1H. The molecule has 0 aliphatic carbocycles. The molecule has 0 radical (unpaired) electrons. The van der Waals surface area contributed by atoms with Gasteiger partial charge in [-0.05, 0) is 50.1 Å². The molecule has 0 aromatic heterocycles. The van der Waals surface area contributed by atoms with Crippen molar-refractivity contribution in [1.82, 2.24) is 10.2 Å². The van der Waals surface area contributed by atoms with Crippen molar-refractivity contribution in [3.05, 3.63) is 28.7 Å². The molecule has 2 amide bonds. The number of hydrogen-bond acceptors (Lipinski definition) is 3. The zero-order chi connectivity index (χ0) is 16.2. The third-order valence-corrected chi connectivity index (χ3v) is 5.23. The highest BCUT2D eigenvalue weighted by Gasteiger charge is 2.31. The number of rotatable bonds is 3. The minimum absolute atomic E-state index is 0. The number of anilines is 1. The van der Waals surface area contributed by atoms with Gasteiger partial charge >= 0.3 is 0 Å². The number of benzene rings is 1. The van der Waals surface area contributed by atoms with Gasteiger partial charge in [0.2, 0.25) is 11.8 Å². The highest BCUT2D eigenvalue weighted by Crippen LogP contribution is 2.22. The summed E-state index contributed by atoms with van der Waals surface area (Å²) in [5.74, 6) is 0.427. The van der Waals surface area contributed by atoms with Crippen LogP contribution < -0.4 is 10.6 Å². The Labute approximate surface area is 157 Å². The third-order valence-electron chi connectivity index (χ3n) is 4.70. The maximum absolute atomic E-state index is 12.4. The molecular formula is C17H23BrClN3O2. The molecule has 24 heavy (non-hydrogen) atoms. The van der Waals surface area contributed by atoms with E-state index >= 15 is 0 Å². The Morgan fingerprint density at radius 3 is 2.33 bits per heavy atom. The largest absolute Gasteiger partial charge is 0.342 e. The lowest BCUT2D eigenvalue weighted by Gasteiger charge is -2.32. The van der Waals surface area contributed by atoms with Gasteiger partial charge in [-0.2, -0.15) is 0 Å². The number of carbonyl (C=O) groups excluding carboxylic acids is 2. The molecule has 3 rings (SSSR count). The molecule has 5 nitrogen and oxygen atoms in total. The normalized spacial score (nSPS) is 21.2. The van der Waals surface area contributed by atoms with E-state index in [9.17, 15) is 9.59 Å². The van der Waals surface area contributed by atoms with Crippen LogP contribution in [0, 0.1) is 11.8 Å². The summed E-state index contributed by atoms with van der Waals surface area (Å²) < 4.78 is 0.990. The minimum Gasteiger partial charge on any atom is -0.342 e. The molecule has 2 N–H and O–H groups in total. The van der Waals surface area contributed by atoms with Gasteiger partial charge in [-0.15, -0.1) is 12.4 Å². The first-order valence-corrected chi connectivity index (χ1v) is 8.99. The van der Waals surface area contributed by atoms with Gasteiger partial charge in [0.25, 0.3) is 0 Å². The van der Waals surface area contributed by atoms with Gasteiger partial charge in [0.05, 0.1) is 5.92 Å². The number of piperidine rings is 1. The van der Waals surface area contributed by atoms with Crippen LogP contribution in [-0.4, -0.2) is 42.9 Å². The Kier molecular flexibility index (Phi) is 7.07. The van der Waals surface area contributed by atoms with Gasteiger partial charge in [0.1, 0.15) is 0 Å². The van der Waals surface area contributed by atoms with Crippen molar-refractivity contribution in [2.24, 2.45) is 11.8 Å². The second-order valence-corrected chi connectivity index (χ2v) is 7.20. The average molecular weight is 417 g/mol. The van der Waals surface area contributed by atoms with E-state index in [4.69, 9.17) is 0 Å². The van der Waals surface area contributed by atoms with Gasteiger partial charge in [0, 0.05) is 35.7 Å². The van der Waals surface area contributed by atoms with E-state index < -0.39 is 0 Å². The Morgan fingerprint density at radius 1 is 1.08 bits per heavy atom. The number of likely N-dealkylation sites (tertiary alicyclic amines) is 1.